The molecule has 1 heterocycles. The lowest BCUT2D eigenvalue weighted by atomic mass is 9.81. The molecule has 1 aliphatic rings. The molecule has 1 atom stereocenters. The van der Waals surface area contributed by atoms with Crippen molar-refractivity contribution in [1.82, 2.24) is 0 Å². The number of rotatable bonds is 2. The zero-order chi connectivity index (χ0) is 13.4. The van der Waals surface area contributed by atoms with Crippen molar-refractivity contribution in [3.63, 3.8) is 0 Å². The molecule has 4 heteroatoms. The van der Waals surface area contributed by atoms with E-state index in [4.69, 9.17) is 0 Å². The Kier molecular flexibility index (Phi) is 3.92. The standard InChI is InChI=1S/C15H12Br2OS/c16-12-8-13(19-15(12)17)14(18)11-6-5-9-3-1-2-4-10(9)7-11/h1-4,8,11H,5-7H2. The maximum Gasteiger partial charge on any atom is 0.176 e. The van der Waals surface area contributed by atoms with E-state index in [-0.39, 0.29) is 11.7 Å². The zero-order valence-corrected chi connectivity index (χ0v) is 14.1. The van der Waals surface area contributed by atoms with E-state index in [2.05, 4.69) is 56.1 Å². The van der Waals surface area contributed by atoms with Crippen molar-refractivity contribution >= 4 is 49.0 Å². The first-order valence-electron chi connectivity index (χ1n) is 6.21. The normalized spacial score (nSPS) is 18.1. The van der Waals surface area contributed by atoms with Crippen LogP contribution in [0.2, 0.25) is 0 Å². The number of thiophene rings is 1. The molecule has 0 saturated carbocycles. The molecule has 0 saturated heterocycles. The molecule has 3 rings (SSSR count). The zero-order valence-electron chi connectivity index (χ0n) is 10.2. The second-order valence-electron chi connectivity index (χ2n) is 4.80. The molecule has 0 fully saturated rings. The van der Waals surface area contributed by atoms with E-state index in [0.29, 0.717) is 0 Å². The summed E-state index contributed by atoms with van der Waals surface area (Å²) < 4.78 is 1.96. The predicted octanol–water partition coefficient (Wildman–Crippen LogP) is 5.26. The number of carbonyl (C=O) groups excluding carboxylic acids is 1. The Balaban J connectivity index is 1.83. The van der Waals surface area contributed by atoms with Gasteiger partial charge >= 0.3 is 0 Å². The van der Waals surface area contributed by atoms with Crippen LogP contribution in [0, 0.1) is 5.92 Å². The van der Waals surface area contributed by atoms with Crippen LogP contribution in [0.25, 0.3) is 0 Å². The van der Waals surface area contributed by atoms with Gasteiger partial charge in [0.15, 0.2) is 5.78 Å². The van der Waals surface area contributed by atoms with Gasteiger partial charge in [-0.05, 0) is 68.3 Å². The Labute approximate surface area is 133 Å². The summed E-state index contributed by atoms with van der Waals surface area (Å²) in [6.45, 7) is 0. The molecule has 0 radical (unpaired) electrons. The van der Waals surface area contributed by atoms with Crippen LogP contribution in [0.15, 0.2) is 38.6 Å². The highest BCUT2D eigenvalue weighted by molar-refractivity contribution is 9.13. The number of hydrogen-bond acceptors (Lipinski definition) is 2. The van der Waals surface area contributed by atoms with Gasteiger partial charge in [-0.25, -0.2) is 0 Å². The van der Waals surface area contributed by atoms with Gasteiger partial charge in [0.1, 0.15) is 0 Å². The number of ketones is 1. The van der Waals surface area contributed by atoms with Gasteiger partial charge in [-0.3, -0.25) is 4.79 Å². The third-order valence-corrected chi connectivity index (χ3v) is 6.88. The first-order valence-corrected chi connectivity index (χ1v) is 8.61. The fourth-order valence-corrected chi connectivity index (χ4v) is 4.65. The van der Waals surface area contributed by atoms with Crippen LogP contribution >= 0.6 is 43.2 Å². The smallest absolute Gasteiger partial charge is 0.176 e. The largest absolute Gasteiger partial charge is 0.293 e. The van der Waals surface area contributed by atoms with Crippen molar-refractivity contribution in [2.45, 2.75) is 19.3 Å². The quantitative estimate of drug-likeness (QED) is 0.629. The summed E-state index contributed by atoms with van der Waals surface area (Å²) in [5.74, 6) is 0.415. The molecule has 0 spiro atoms. The average Bonchev–Trinajstić information content (AvgIpc) is 2.77. The Morgan fingerprint density at radius 3 is 2.63 bits per heavy atom. The highest BCUT2D eigenvalue weighted by atomic mass is 79.9. The third kappa shape index (κ3) is 2.71. The van der Waals surface area contributed by atoms with Crippen LogP contribution in [0.4, 0.5) is 0 Å². The van der Waals surface area contributed by atoms with E-state index >= 15 is 0 Å². The molecule has 1 aliphatic carbocycles. The average molecular weight is 400 g/mol. The first-order chi connectivity index (χ1) is 9.15. The molecule has 1 aromatic heterocycles. The van der Waals surface area contributed by atoms with Crippen LogP contribution in [0.1, 0.15) is 27.2 Å². The minimum atomic E-state index is 0.132. The molecule has 2 aromatic rings. The molecule has 0 amide bonds. The van der Waals surface area contributed by atoms with Crippen molar-refractivity contribution in [2.24, 2.45) is 5.92 Å². The van der Waals surface area contributed by atoms with E-state index in [9.17, 15) is 4.79 Å². The third-order valence-electron chi connectivity index (χ3n) is 3.61. The number of hydrogen-bond donors (Lipinski definition) is 0. The topological polar surface area (TPSA) is 17.1 Å². The van der Waals surface area contributed by atoms with Gasteiger partial charge in [0, 0.05) is 10.4 Å². The maximum atomic E-state index is 12.5. The van der Waals surface area contributed by atoms with Gasteiger partial charge < -0.3 is 0 Å². The lowest BCUT2D eigenvalue weighted by Gasteiger charge is -2.23. The molecule has 0 bridgehead atoms. The summed E-state index contributed by atoms with van der Waals surface area (Å²) in [7, 11) is 0. The first kappa shape index (κ1) is 13.5. The summed E-state index contributed by atoms with van der Waals surface area (Å²) in [6.07, 6.45) is 2.85. The number of halogens is 2. The SMILES string of the molecule is O=C(c1cc(Br)c(Br)s1)C1CCc2ccccc2C1. The second-order valence-corrected chi connectivity index (χ2v) is 8.03. The second kappa shape index (κ2) is 5.51. The lowest BCUT2D eigenvalue weighted by Crippen LogP contribution is -2.22. The maximum absolute atomic E-state index is 12.5. The number of benzene rings is 1. The van der Waals surface area contributed by atoms with Crippen molar-refractivity contribution in [3.8, 4) is 0 Å². The predicted molar refractivity (Wildman–Crippen MR) is 86.0 cm³/mol. The molecule has 19 heavy (non-hydrogen) atoms. The van der Waals surface area contributed by atoms with Crippen molar-refractivity contribution in [3.05, 3.63) is 54.6 Å². The Bertz CT molecular complexity index is 613. The highest BCUT2D eigenvalue weighted by Gasteiger charge is 2.26. The monoisotopic (exact) mass is 398 g/mol. The minimum Gasteiger partial charge on any atom is -0.293 e. The molecule has 98 valence electrons. The number of fused-ring (bicyclic) bond motifs is 1. The van der Waals surface area contributed by atoms with E-state index in [1.165, 1.54) is 22.5 Å². The van der Waals surface area contributed by atoms with Gasteiger partial charge in [-0.15, -0.1) is 11.3 Å². The molecule has 1 aromatic carbocycles. The van der Waals surface area contributed by atoms with Gasteiger partial charge in [0.05, 0.1) is 8.66 Å². The molecular weight excluding hydrogens is 388 g/mol. The van der Waals surface area contributed by atoms with Crippen molar-refractivity contribution in [2.75, 3.05) is 0 Å². The van der Waals surface area contributed by atoms with E-state index < -0.39 is 0 Å². The fourth-order valence-electron chi connectivity index (χ4n) is 2.59. The lowest BCUT2D eigenvalue weighted by molar-refractivity contribution is 0.0913. The van der Waals surface area contributed by atoms with Crippen molar-refractivity contribution < 1.29 is 4.79 Å². The van der Waals surface area contributed by atoms with Crippen LogP contribution in [-0.2, 0) is 12.8 Å². The summed E-state index contributed by atoms with van der Waals surface area (Å²) in [5.41, 5.74) is 2.74. The van der Waals surface area contributed by atoms with Crippen molar-refractivity contribution in [1.29, 1.82) is 0 Å². The highest BCUT2D eigenvalue weighted by Crippen LogP contribution is 2.35. The summed E-state index contributed by atoms with van der Waals surface area (Å²) in [5, 5.41) is 0. The summed E-state index contributed by atoms with van der Waals surface area (Å²) in [4.78, 5) is 13.4. The molecule has 0 aliphatic heterocycles. The minimum absolute atomic E-state index is 0.132. The summed E-state index contributed by atoms with van der Waals surface area (Å²) >= 11 is 8.42. The summed E-state index contributed by atoms with van der Waals surface area (Å²) in [6, 6.07) is 10.4. The van der Waals surface area contributed by atoms with Crippen LogP contribution < -0.4 is 0 Å². The molecular formula is C15H12Br2OS. The van der Waals surface area contributed by atoms with Gasteiger partial charge in [0.25, 0.3) is 0 Å². The van der Waals surface area contributed by atoms with Gasteiger partial charge in [0.2, 0.25) is 0 Å². The van der Waals surface area contributed by atoms with Crippen LogP contribution in [0.5, 0.6) is 0 Å². The Hall–Kier alpha value is -0.450. The van der Waals surface area contributed by atoms with E-state index in [0.717, 1.165) is 32.4 Å². The van der Waals surface area contributed by atoms with Crippen LogP contribution in [0.3, 0.4) is 0 Å². The number of aryl methyl sites for hydroxylation is 1. The Morgan fingerprint density at radius 1 is 1.21 bits per heavy atom. The van der Waals surface area contributed by atoms with E-state index in [1.54, 1.807) is 0 Å². The Morgan fingerprint density at radius 2 is 1.95 bits per heavy atom. The van der Waals surface area contributed by atoms with Gasteiger partial charge in [-0.2, -0.15) is 0 Å². The molecule has 0 N–H and O–H groups in total. The number of carbonyl (C=O) groups is 1. The van der Waals surface area contributed by atoms with Crippen LogP contribution in [-0.4, -0.2) is 5.78 Å². The molecule has 1 nitrogen and oxygen atoms in total. The number of Topliss-reactive ketones (excluding diaryl/α,β-unsaturated/α-hetero) is 1. The fraction of sp³-hybridized carbons (Fsp3) is 0.267. The van der Waals surface area contributed by atoms with E-state index in [1.807, 2.05) is 6.07 Å². The molecule has 1 unspecified atom stereocenters. The van der Waals surface area contributed by atoms with Gasteiger partial charge in [-0.1, -0.05) is 24.3 Å².